The van der Waals surface area contributed by atoms with Crippen molar-refractivity contribution in [3.63, 3.8) is 0 Å². The summed E-state index contributed by atoms with van der Waals surface area (Å²) in [4.78, 5) is 0. The first-order valence-corrected chi connectivity index (χ1v) is 19.6. The lowest BCUT2D eigenvalue weighted by Crippen LogP contribution is -2.66. The SMILES string of the molecule is CCCCCCCC[B-](c1ccc(OC)cc1)(c1ccc(OC)cc1)c1ccc(OC)cc1.CCCCCCCC[n+]1cccc2ccccc21. The van der Waals surface area contributed by atoms with Gasteiger partial charge in [0.15, 0.2) is 6.20 Å². The fourth-order valence-corrected chi connectivity index (χ4v) is 7.58. The first kappa shape index (κ1) is 39.5. The van der Waals surface area contributed by atoms with Crippen molar-refractivity contribution < 1.29 is 18.8 Å². The number of pyridine rings is 1. The summed E-state index contributed by atoms with van der Waals surface area (Å²) in [5.74, 6) is 2.65. The molecular formula is C46H62BNO3. The van der Waals surface area contributed by atoms with E-state index in [0.717, 1.165) is 30.1 Å². The van der Waals surface area contributed by atoms with Crippen LogP contribution < -0.4 is 35.2 Å². The number of hydrogen-bond acceptors (Lipinski definition) is 3. The molecule has 5 heteroatoms. The Bertz CT molecular complexity index is 1550. The van der Waals surface area contributed by atoms with Crippen molar-refractivity contribution in [1.82, 2.24) is 0 Å². The standard InChI is InChI=1S/C29H38BO3.C17H24N/c1-5-6-7-8-9-10-23-30(24-11-17-27(31-2)18-12-24,25-13-19-28(32-3)20-14-25)26-15-21-29(33-4)22-16-26;1-2-3-4-5-6-9-14-18-15-10-12-16-11-7-8-13-17(16)18/h11-22H,5-10,23H2,1-4H3;7-8,10-13,15H,2-6,9,14H2,1H3/q-1;+1. The van der Waals surface area contributed by atoms with Crippen LogP contribution in [0.15, 0.2) is 115 Å². The Kier molecular flexibility index (Phi) is 16.9. The second-order valence-corrected chi connectivity index (χ2v) is 13.9. The highest BCUT2D eigenvalue weighted by atomic mass is 16.5. The van der Waals surface area contributed by atoms with Gasteiger partial charge >= 0.3 is 0 Å². The molecule has 4 aromatic carbocycles. The van der Waals surface area contributed by atoms with E-state index in [1.54, 1.807) is 21.3 Å². The molecule has 0 bridgehead atoms. The van der Waals surface area contributed by atoms with E-state index in [1.807, 2.05) is 0 Å². The van der Waals surface area contributed by atoms with Gasteiger partial charge in [0.25, 0.3) is 0 Å². The van der Waals surface area contributed by atoms with Gasteiger partial charge in [-0.15, -0.1) is 0 Å². The van der Waals surface area contributed by atoms with E-state index in [0.29, 0.717) is 0 Å². The number of aromatic nitrogens is 1. The van der Waals surface area contributed by atoms with Crippen molar-refractivity contribution in [2.24, 2.45) is 0 Å². The molecule has 0 amide bonds. The molecule has 0 saturated heterocycles. The predicted molar refractivity (Wildman–Crippen MR) is 219 cm³/mol. The maximum Gasteiger partial charge on any atom is 0.212 e. The maximum atomic E-state index is 5.46. The second kappa shape index (κ2) is 21.9. The van der Waals surface area contributed by atoms with E-state index in [9.17, 15) is 0 Å². The van der Waals surface area contributed by atoms with Gasteiger partial charge in [0.1, 0.15) is 23.8 Å². The van der Waals surface area contributed by atoms with Gasteiger partial charge in [-0.05, 0) is 55.0 Å². The summed E-state index contributed by atoms with van der Waals surface area (Å²) in [5, 5.41) is 1.34. The van der Waals surface area contributed by atoms with E-state index in [2.05, 4.69) is 134 Å². The molecule has 0 N–H and O–H groups in total. The molecule has 0 radical (unpaired) electrons. The number of ether oxygens (including phenoxy) is 3. The van der Waals surface area contributed by atoms with Crippen LogP contribution in [0.4, 0.5) is 0 Å². The fraction of sp³-hybridized carbons (Fsp3) is 0.413. The fourth-order valence-electron chi connectivity index (χ4n) is 7.58. The van der Waals surface area contributed by atoms with Gasteiger partial charge in [-0.1, -0.05) is 127 Å². The van der Waals surface area contributed by atoms with Gasteiger partial charge in [0.05, 0.1) is 27.5 Å². The molecule has 272 valence electrons. The first-order chi connectivity index (χ1) is 25.1. The molecule has 1 aromatic heterocycles. The normalized spacial score (nSPS) is 11.2. The lowest BCUT2D eigenvalue weighted by atomic mass is 9.14. The van der Waals surface area contributed by atoms with Crippen LogP contribution in [0.5, 0.6) is 17.2 Å². The first-order valence-electron chi connectivity index (χ1n) is 19.6. The van der Waals surface area contributed by atoms with Crippen LogP contribution in [0.3, 0.4) is 0 Å². The van der Waals surface area contributed by atoms with E-state index in [4.69, 9.17) is 14.2 Å². The number of benzene rings is 4. The maximum absolute atomic E-state index is 5.46. The zero-order valence-corrected chi connectivity index (χ0v) is 32.1. The van der Waals surface area contributed by atoms with Crippen LogP contribution >= 0.6 is 0 Å². The molecule has 51 heavy (non-hydrogen) atoms. The topological polar surface area (TPSA) is 31.6 Å². The zero-order chi connectivity index (χ0) is 36.2. The van der Waals surface area contributed by atoms with Crippen molar-refractivity contribution in [2.45, 2.75) is 104 Å². The van der Waals surface area contributed by atoms with Gasteiger partial charge < -0.3 is 14.2 Å². The van der Waals surface area contributed by atoms with Gasteiger partial charge in [-0.3, -0.25) is 0 Å². The third kappa shape index (κ3) is 11.4. The predicted octanol–water partition coefficient (Wildman–Crippen LogP) is 10.0. The smallest absolute Gasteiger partial charge is 0.212 e. The van der Waals surface area contributed by atoms with Gasteiger partial charge in [-0.2, -0.15) is 27.3 Å². The summed E-state index contributed by atoms with van der Waals surface area (Å²) in [6.45, 7) is 5.69. The molecule has 0 spiro atoms. The largest absolute Gasteiger partial charge is 0.497 e. The monoisotopic (exact) mass is 687 g/mol. The van der Waals surface area contributed by atoms with E-state index >= 15 is 0 Å². The number of methoxy groups -OCH3 is 3. The Labute approximate surface area is 309 Å². The van der Waals surface area contributed by atoms with Gasteiger partial charge in [0.2, 0.25) is 5.52 Å². The van der Waals surface area contributed by atoms with Crippen LogP contribution in [0, 0.1) is 0 Å². The Hall–Kier alpha value is -4.25. The Morgan fingerprint density at radius 2 is 0.863 bits per heavy atom. The van der Waals surface area contributed by atoms with E-state index in [1.165, 1.54) is 104 Å². The molecule has 4 nitrogen and oxygen atoms in total. The lowest BCUT2D eigenvalue weighted by molar-refractivity contribution is -0.671. The Morgan fingerprint density at radius 1 is 0.451 bits per heavy atom. The minimum absolute atomic E-state index is 0.882. The summed E-state index contributed by atoms with van der Waals surface area (Å²) in [6, 6.07) is 38.9. The summed E-state index contributed by atoms with van der Waals surface area (Å²) in [5.41, 5.74) is 5.35. The van der Waals surface area contributed by atoms with Crippen LogP contribution in [0.25, 0.3) is 10.9 Å². The second-order valence-electron chi connectivity index (χ2n) is 13.9. The summed E-state index contributed by atoms with van der Waals surface area (Å²) in [7, 11) is 5.16. The van der Waals surface area contributed by atoms with Crippen molar-refractivity contribution in [1.29, 1.82) is 0 Å². The van der Waals surface area contributed by atoms with Crippen LogP contribution in [-0.4, -0.2) is 27.5 Å². The number of hydrogen-bond donors (Lipinski definition) is 0. The molecule has 5 aromatic rings. The number of aryl methyl sites for hydroxylation is 1. The third-order valence-electron chi connectivity index (χ3n) is 10.6. The van der Waals surface area contributed by atoms with Crippen LogP contribution in [0.2, 0.25) is 6.32 Å². The Morgan fingerprint density at radius 3 is 1.33 bits per heavy atom. The Balaban J connectivity index is 0.000000272. The molecule has 0 aliphatic heterocycles. The molecule has 5 rings (SSSR count). The van der Waals surface area contributed by atoms with Crippen molar-refractivity contribution in [3.8, 4) is 17.2 Å². The molecule has 0 aliphatic carbocycles. The minimum Gasteiger partial charge on any atom is -0.497 e. The molecule has 0 aliphatic rings. The van der Waals surface area contributed by atoms with Crippen molar-refractivity contribution in [2.75, 3.05) is 21.3 Å². The average molecular weight is 688 g/mol. The number of para-hydroxylation sites is 1. The third-order valence-corrected chi connectivity index (χ3v) is 10.6. The number of fused-ring (bicyclic) bond motifs is 1. The van der Waals surface area contributed by atoms with Crippen LogP contribution in [0.1, 0.15) is 90.9 Å². The number of nitrogens with zero attached hydrogens (tertiary/aromatic N) is 1. The average Bonchev–Trinajstić information content (AvgIpc) is 3.19. The van der Waals surface area contributed by atoms with Crippen molar-refractivity contribution >= 4 is 33.4 Å². The molecular weight excluding hydrogens is 625 g/mol. The molecule has 1 heterocycles. The quantitative estimate of drug-likeness (QED) is 0.0464. The van der Waals surface area contributed by atoms with Crippen molar-refractivity contribution in [3.05, 3.63) is 115 Å². The van der Waals surface area contributed by atoms with Gasteiger partial charge in [0, 0.05) is 23.9 Å². The highest BCUT2D eigenvalue weighted by Crippen LogP contribution is 2.22. The molecule has 0 unspecified atom stereocenters. The van der Waals surface area contributed by atoms with E-state index in [-0.39, 0.29) is 0 Å². The highest BCUT2D eigenvalue weighted by Gasteiger charge is 2.30. The molecule has 0 atom stereocenters. The van der Waals surface area contributed by atoms with E-state index < -0.39 is 6.15 Å². The van der Waals surface area contributed by atoms with Gasteiger partial charge in [-0.25, -0.2) is 0 Å². The molecule has 0 fully saturated rings. The lowest BCUT2D eigenvalue weighted by Gasteiger charge is -2.43. The minimum atomic E-state index is -1.17. The highest BCUT2D eigenvalue weighted by molar-refractivity contribution is 7.11. The summed E-state index contributed by atoms with van der Waals surface area (Å²) in [6.07, 6.45) is 18.0. The molecule has 0 saturated carbocycles. The summed E-state index contributed by atoms with van der Waals surface area (Å²) < 4.78 is 18.8. The summed E-state index contributed by atoms with van der Waals surface area (Å²) >= 11 is 0. The zero-order valence-electron chi connectivity index (χ0n) is 32.1. The van der Waals surface area contributed by atoms with Crippen LogP contribution in [-0.2, 0) is 6.54 Å². The number of unbranched alkanes of at least 4 members (excludes halogenated alkanes) is 10. The number of rotatable bonds is 20.